The Kier molecular flexibility index (Phi) is 3.96. The minimum absolute atomic E-state index is 0.0169. The van der Waals surface area contributed by atoms with Crippen molar-refractivity contribution in [2.45, 2.75) is 25.7 Å². The summed E-state index contributed by atoms with van der Waals surface area (Å²) in [6, 6.07) is 8.18. The molecule has 0 unspecified atom stereocenters. The van der Waals surface area contributed by atoms with Gasteiger partial charge in [-0.2, -0.15) is 0 Å². The predicted octanol–water partition coefficient (Wildman–Crippen LogP) is 2.50. The Hall–Kier alpha value is -1.58. The summed E-state index contributed by atoms with van der Waals surface area (Å²) in [7, 11) is 0. The fourth-order valence-corrected chi connectivity index (χ4v) is 2.25. The summed E-state index contributed by atoms with van der Waals surface area (Å²) < 4.78 is 0. The molecule has 0 bridgehead atoms. The number of hydrogen-bond donors (Lipinski definition) is 0. The van der Waals surface area contributed by atoms with Gasteiger partial charge in [0.05, 0.1) is 0 Å². The first-order valence-electron chi connectivity index (χ1n) is 6.21. The number of anilines is 1. The minimum Gasteiger partial charge on any atom is -0.372 e. The fraction of sp³-hybridized carbons (Fsp3) is 0.538. The van der Waals surface area contributed by atoms with Crippen LogP contribution in [0.15, 0.2) is 24.3 Å². The van der Waals surface area contributed by atoms with Crippen molar-refractivity contribution < 1.29 is 4.92 Å². The molecule has 1 saturated heterocycles. The van der Waals surface area contributed by atoms with Crippen molar-refractivity contribution in [1.82, 2.24) is 0 Å². The minimum atomic E-state index is -0.265. The lowest BCUT2D eigenvalue weighted by atomic mass is 10.1. The lowest BCUT2D eigenvalue weighted by Gasteiger charge is -2.28. The molecule has 4 nitrogen and oxygen atoms in total. The molecule has 0 N–H and O–H groups in total. The third-order valence-corrected chi connectivity index (χ3v) is 3.24. The molecule has 1 aliphatic heterocycles. The Morgan fingerprint density at radius 2 is 1.76 bits per heavy atom. The van der Waals surface area contributed by atoms with Crippen LogP contribution >= 0.6 is 0 Å². The van der Waals surface area contributed by atoms with Gasteiger partial charge in [0.25, 0.3) is 0 Å². The van der Waals surface area contributed by atoms with Gasteiger partial charge in [-0.25, -0.2) is 0 Å². The maximum Gasteiger partial charge on any atom is 0.207 e. The zero-order valence-corrected chi connectivity index (χ0v) is 9.97. The highest BCUT2D eigenvalue weighted by atomic mass is 16.6. The van der Waals surface area contributed by atoms with E-state index in [1.807, 2.05) is 12.1 Å². The second kappa shape index (κ2) is 5.66. The monoisotopic (exact) mass is 234 g/mol. The number of nitrogens with zero attached hydrogens (tertiary/aromatic N) is 2. The first kappa shape index (κ1) is 11.9. The van der Waals surface area contributed by atoms with Crippen molar-refractivity contribution in [2.24, 2.45) is 0 Å². The molecule has 0 aromatic heterocycles. The third-order valence-electron chi connectivity index (χ3n) is 3.24. The Bertz CT molecular complexity index is 370. The van der Waals surface area contributed by atoms with E-state index in [1.165, 1.54) is 24.9 Å². The quantitative estimate of drug-likeness (QED) is 0.594. The summed E-state index contributed by atoms with van der Waals surface area (Å²) in [5.41, 5.74) is 2.29. The molecule has 0 atom stereocenters. The number of rotatable bonds is 4. The van der Waals surface area contributed by atoms with Gasteiger partial charge >= 0.3 is 0 Å². The molecule has 0 saturated carbocycles. The Morgan fingerprint density at radius 1 is 1.12 bits per heavy atom. The number of hydrogen-bond acceptors (Lipinski definition) is 3. The van der Waals surface area contributed by atoms with E-state index < -0.39 is 0 Å². The van der Waals surface area contributed by atoms with Crippen molar-refractivity contribution in [2.75, 3.05) is 24.5 Å². The maximum atomic E-state index is 10.3. The van der Waals surface area contributed by atoms with Gasteiger partial charge in [-0.05, 0) is 37.0 Å². The maximum absolute atomic E-state index is 10.3. The van der Waals surface area contributed by atoms with Gasteiger partial charge < -0.3 is 4.90 Å². The van der Waals surface area contributed by atoms with E-state index in [4.69, 9.17) is 0 Å². The van der Waals surface area contributed by atoms with Crippen LogP contribution in [0.3, 0.4) is 0 Å². The van der Waals surface area contributed by atoms with Gasteiger partial charge in [-0.3, -0.25) is 10.1 Å². The van der Waals surface area contributed by atoms with Crippen molar-refractivity contribution in [1.29, 1.82) is 0 Å². The van der Waals surface area contributed by atoms with Crippen LogP contribution in [0.1, 0.15) is 24.8 Å². The van der Waals surface area contributed by atoms with Gasteiger partial charge in [-0.15, -0.1) is 0 Å². The van der Waals surface area contributed by atoms with E-state index in [9.17, 15) is 10.1 Å². The van der Waals surface area contributed by atoms with E-state index in [0.29, 0.717) is 6.42 Å². The molecule has 92 valence electrons. The number of benzene rings is 1. The van der Waals surface area contributed by atoms with E-state index in [1.54, 1.807) is 0 Å². The van der Waals surface area contributed by atoms with Crippen LogP contribution in [0.4, 0.5) is 5.69 Å². The Labute approximate surface area is 101 Å². The highest BCUT2D eigenvalue weighted by Crippen LogP contribution is 2.20. The van der Waals surface area contributed by atoms with Gasteiger partial charge in [0.1, 0.15) is 0 Å². The summed E-state index contributed by atoms with van der Waals surface area (Å²) >= 11 is 0. The van der Waals surface area contributed by atoms with Gasteiger partial charge in [-0.1, -0.05) is 12.1 Å². The standard InChI is InChI=1S/C13H18N2O2/c16-15(17)11-8-12-4-6-13(7-5-12)14-9-2-1-3-10-14/h4-7H,1-3,8-11H2. The van der Waals surface area contributed by atoms with Gasteiger partial charge in [0.2, 0.25) is 6.54 Å². The lowest BCUT2D eigenvalue weighted by molar-refractivity contribution is -0.479. The summed E-state index contributed by atoms with van der Waals surface area (Å²) in [6.45, 7) is 2.28. The molecule has 4 heteroatoms. The van der Waals surface area contributed by atoms with E-state index in [0.717, 1.165) is 18.7 Å². The highest BCUT2D eigenvalue weighted by molar-refractivity contribution is 5.47. The van der Waals surface area contributed by atoms with Crippen LogP contribution < -0.4 is 4.90 Å². The van der Waals surface area contributed by atoms with Gasteiger partial charge in [0.15, 0.2) is 0 Å². The summed E-state index contributed by atoms with van der Waals surface area (Å²) in [6.07, 6.45) is 4.39. The molecule has 0 amide bonds. The second-order valence-electron chi connectivity index (χ2n) is 4.52. The normalized spacial score (nSPS) is 15.9. The van der Waals surface area contributed by atoms with Crippen molar-refractivity contribution in [3.8, 4) is 0 Å². The lowest BCUT2D eigenvalue weighted by Crippen LogP contribution is -2.29. The smallest absolute Gasteiger partial charge is 0.207 e. The molecular weight excluding hydrogens is 216 g/mol. The average Bonchev–Trinajstić information content (AvgIpc) is 2.38. The molecule has 17 heavy (non-hydrogen) atoms. The Balaban J connectivity index is 1.94. The first-order valence-corrected chi connectivity index (χ1v) is 6.21. The highest BCUT2D eigenvalue weighted by Gasteiger charge is 2.10. The fourth-order valence-electron chi connectivity index (χ4n) is 2.25. The summed E-state index contributed by atoms with van der Waals surface area (Å²) in [5.74, 6) is 0. The SMILES string of the molecule is O=[N+]([O-])CCc1ccc(N2CCCCC2)cc1. The Morgan fingerprint density at radius 3 is 2.35 bits per heavy atom. The topological polar surface area (TPSA) is 46.4 Å². The zero-order valence-electron chi connectivity index (χ0n) is 9.97. The van der Waals surface area contributed by atoms with Crippen LogP contribution in [0.5, 0.6) is 0 Å². The van der Waals surface area contributed by atoms with Crippen LogP contribution in [0, 0.1) is 10.1 Å². The molecule has 1 fully saturated rings. The van der Waals surface area contributed by atoms with Crippen LogP contribution in [0.25, 0.3) is 0 Å². The van der Waals surface area contributed by atoms with Crippen LogP contribution in [-0.2, 0) is 6.42 Å². The second-order valence-corrected chi connectivity index (χ2v) is 4.52. The molecule has 0 aliphatic carbocycles. The van der Waals surface area contributed by atoms with E-state index >= 15 is 0 Å². The van der Waals surface area contributed by atoms with Crippen LogP contribution in [-0.4, -0.2) is 24.6 Å². The number of piperidine rings is 1. The zero-order chi connectivity index (χ0) is 12.1. The molecule has 1 heterocycles. The molecule has 1 aliphatic rings. The molecular formula is C13H18N2O2. The van der Waals surface area contributed by atoms with Gasteiger partial charge in [0, 0.05) is 30.1 Å². The summed E-state index contributed by atoms with van der Waals surface area (Å²) in [4.78, 5) is 12.4. The van der Waals surface area contributed by atoms with Crippen molar-refractivity contribution >= 4 is 5.69 Å². The summed E-state index contributed by atoms with van der Waals surface area (Å²) in [5, 5.41) is 10.3. The van der Waals surface area contributed by atoms with Crippen molar-refractivity contribution in [3.05, 3.63) is 39.9 Å². The van der Waals surface area contributed by atoms with Crippen molar-refractivity contribution in [3.63, 3.8) is 0 Å². The molecule has 1 aromatic carbocycles. The molecule has 1 aromatic rings. The van der Waals surface area contributed by atoms with E-state index in [-0.39, 0.29) is 11.5 Å². The first-order chi connectivity index (χ1) is 8.25. The third kappa shape index (κ3) is 3.44. The van der Waals surface area contributed by atoms with Crippen LogP contribution in [0.2, 0.25) is 0 Å². The predicted molar refractivity (Wildman–Crippen MR) is 68.1 cm³/mol. The average molecular weight is 234 g/mol. The molecule has 0 radical (unpaired) electrons. The van der Waals surface area contributed by atoms with E-state index in [2.05, 4.69) is 17.0 Å². The molecule has 0 spiro atoms. The number of nitro groups is 1. The molecule has 2 rings (SSSR count). The largest absolute Gasteiger partial charge is 0.372 e.